The quantitative estimate of drug-likeness (QED) is 0.726. The molecule has 8 heteroatoms. The van der Waals surface area contributed by atoms with Crippen LogP contribution in [-0.4, -0.2) is 66.8 Å². The van der Waals surface area contributed by atoms with Crippen LogP contribution in [0.15, 0.2) is 18.2 Å². The van der Waals surface area contributed by atoms with Crippen LogP contribution in [0.1, 0.15) is 32.1 Å². The molecule has 1 amide bonds. The minimum absolute atomic E-state index is 0.204. The lowest BCUT2D eigenvalue weighted by molar-refractivity contribution is -0.134. The monoisotopic (exact) mass is 406 g/mol. The number of amides is 1. The highest BCUT2D eigenvalue weighted by molar-refractivity contribution is 7.80. The number of carbonyl (C=O) groups excluding carboxylic acids is 1. The molecular weight excluding hydrogens is 376 g/mol. The Morgan fingerprint density at radius 1 is 1.11 bits per heavy atom. The average molecular weight is 407 g/mol. The lowest BCUT2D eigenvalue weighted by atomic mass is 9.83. The van der Waals surface area contributed by atoms with Gasteiger partial charge in [-0.3, -0.25) is 9.69 Å². The van der Waals surface area contributed by atoms with Gasteiger partial charge in [0, 0.05) is 19.2 Å². The highest BCUT2D eigenvalue weighted by Crippen LogP contribution is 2.33. The number of primary amides is 1. The Hall–Kier alpha value is -2.06. The van der Waals surface area contributed by atoms with E-state index in [0.29, 0.717) is 36.8 Å². The van der Waals surface area contributed by atoms with Gasteiger partial charge in [-0.05, 0) is 63.1 Å². The Labute approximate surface area is 172 Å². The Morgan fingerprint density at radius 2 is 1.79 bits per heavy atom. The zero-order valence-corrected chi connectivity index (χ0v) is 17.5. The molecule has 0 aliphatic carbocycles. The van der Waals surface area contributed by atoms with Crippen LogP contribution in [0.2, 0.25) is 0 Å². The predicted molar refractivity (Wildman–Crippen MR) is 114 cm³/mol. The van der Waals surface area contributed by atoms with Gasteiger partial charge in [0.2, 0.25) is 5.91 Å². The molecular formula is C20H30N4O3S. The van der Waals surface area contributed by atoms with Crippen molar-refractivity contribution in [3.05, 3.63) is 18.2 Å². The smallest absolute Gasteiger partial charge is 0.238 e. The van der Waals surface area contributed by atoms with Crippen molar-refractivity contribution in [3.63, 3.8) is 0 Å². The van der Waals surface area contributed by atoms with E-state index >= 15 is 0 Å². The van der Waals surface area contributed by atoms with E-state index in [-0.39, 0.29) is 5.91 Å². The van der Waals surface area contributed by atoms with Crippen LogP contribution in [0.5, 0.6) is 11.5 Å². The van der Waals surface area contributed by atoms with Crippen molar-refractivity contribution < 1.29 is 14.3 Å². The molecule has 2 saturated heterocycles. The summed E-state index contributed by atoms with van der Waals surface area (Å²) in [6.45, 7) is 3.30. The van der Waals surface area contributed by atoms with Crippen molar-refractivity contribution in [2.45, 2.75) is 37.6 Å². The number of anilines is 1. The van der Waals surface area contributed by atoms with Gasteiger partial charge in [-0.2, -0.15) is 0 Å². The van der Waals surface area contributed by atoms with E-state index in [9.17, 15) is 4.79 Å². The first-order valence-electron chi connectivity index (χ1n) is 9.83. The number of carbonyl (C=O) groups is 1. The number of ether oxygens (including phenoxy) is 2. The summed E-state index contributed by atoms with van der Waals surface area (Å²) in [5.41, 5.74) is 6.12. The number of benzene rings is 1. The molecule has 7 nitrogen and oxygen atoms in total. The maximum Gasteiger partial charge on any atom is 0.238 e. The Balaban J connectivity index is 1.65. The molecule has 1 aromatic rings. The molecule has 0 radical (unpaired) electrons. The second kappa shape index (κ2) is 8.96. The number of nitrogens with one attached hydrogen (secondary N) is 1. The van der Waals surface area contributed by atoms with Crippen molar-refractivity contribution in [1.29, 1.82) is 0 Å². The van der Waals surface area contributed by atoms with Crippen molar-refractivity contribution >= 4 is 28.9 Å². The molecule has 154 valence electrons. The summed E-state index contributed by atoms with van der Waals surface area (Å²) in [7, 11) is 3.23. The normalized spacial score (nSPS) is 19.7. The van der Waals surface area contributed by atoms with Crippen molar-refractivity contribution in [2.24, 2.45) is 5.73 Å². The lowest BCUT2D eigenvalue weighted by Crippen LogP contribution is -2.64. The Morgan fingerprint density at radius 3 is 2.36 bits per heavy atom. The second-order valence-corrected chi connectivity index (χ2v) is 7.81. The Bertz CT molecular complexity index is 713. The van der Waals surface area contributed by atoms with E-state index in [1.807, 2.05) is 18.2 Å². The van der Waals surface area contributed by atoms with Crippen molar-refractivity contribution in [2.75, 3.05) is 45.7 Å². The van der Waals surface area contributed by atoms with Gasteiger partial charge in [-0.15, -0.1) is 0 Å². The molecule has 0 saturated carbocycles. The number of hydrogen-bond donors (Lipinski definition) is 2. The first-order chi connectivity index (χ1) is 13.5. The number of rotatable bonds is 5. The number of thiocarbonyl (C=S) groups is 1. The third kappa shape index (κ3) is 4.17. The third-order valence-electron chi connectivity index (χ3n) is 5.95. The lowest BCUT2D eigenvalue weighted by Gasteiger charge is -2.48. The highest BCUT2D eigenvalue weighted by Gasteiger charge is 2.45. The minimum Gasteiger partial charge on any atom is -0.497 e. The van der Waals surface area contributed by atoms with Gasteiger partial charge in [0.25, 0.3) is 0 Å². The zero-order valence-electron chi connectivity index (χ0n) is 16.7. The number of nitrogens with two attached hydrogens (primary N) is 1. The molecule has 2 heterocycles. The number of hydrogen-bond acceptors (Lipinski definition) is 5. The van der Waals surface area contributed by atoms with Gasteiger partial charge < -0.3 is 25.4 Å². The molecule has 3 N–H and O–H groups in total. The summed E-state index contributed by atoms with van der Waals surface area (Å²) in [6, 6.07) is 5.56. The summed E-state index contributed by atoms with van der Waals surface area (Å²) in [5, 5.41) is 3.89. The molecule has 0 aromatic heterocycles. The standard InChI is InChI=1S/C20H30N4O3S/c1-26-15-6-7-16(17(14-15)27-2)22-19(28)23-12-8-20(9-13-23,18(21)25)24-10-4-3-5-11-24/h6-7,14H,3-5,8-13H2,1-2H3,(H2,21,25)(H,22,28). The summed E-state index contributed by atoms with van der Waals surface area (Å²) in [6.07, 6.45) is 4.90. The first kappa shape index (κ1) is 20.7. The van der Waals surface area contributed by atoms with Gasteiger partial charge in [-0.25, -0.2) is 0 Å². The summed E-state index contributed by atoms with van der Waals surface area (Å²) < 4.78 is 10.7. The second-order valence-electron chi connectivity index (χ2n) is 7.43. The third-order valence-corrected chi connectivity index (χ3v) is 6.31. The van der Waals surface area contributed by atoms with E-state index in [2.05, 4.69) is 15.1 Å². The fourth-order valence-electron chi connectivity index (χ4n) is 4.22. The number of piperidine rings is 2. The van der Waals surface area contributed by atoms with E-state index in [4.69, 9.17) is 27.4 Å². The predicted octanol–water partition coefficient (Wildman–Crippen LogP) is 2.21. The molecule has 2 fully saturated rings. The van der Waals surface area contributed by atoms with Gasteiger partial charge in [0.05, 0.1) is 19.9 Å². The molecule has 0 atom stereocenters. The van der Waals surface area contributed by atoms with Gasteiger partial charge in [0.15, 0.2) is 5.11 Å². The van der Waals surface area contributed by atoms with E-state index in [1.165, 1.54) is 6.42 Å². The largest absolute Gasteiger partial charge is 0.497 e. The Kier molecular flexibility index (Phi) is 6.61. The van der Waals surface area contributed by atoms with Crippen LogP contribution in [0.25, 0.3) is 0 Å². The van der Waals surface area contributed by atoms with Crippen LogP contribution >= 0.6 is 12.2 Å². The number of nitrogens with zero attached hydrogens (tertiary/aromatic N) is 2. The van der Waals surface area contributed by atoms with Gasteiger partial charge >= 0.3 is 0 Å². The molecule has 0 spiro atoms. The molecule has 3 rings (SSSR count). The van der Waals surface area contributed by atoms with Gasteiger partial charge in [-0.1, -0.05) is 6.42 Å². The van der Waals surface area contributed by atoms with Crippen LogP contribution < -0.4 is 20.5 Å². The molecule has 2 aliphatic heterocycles. The van der Waals surface area contributed by atoms with E-state index in [0.717, 1.165) is 37.4 Å². The van der Waals surface area contributed by atoms with Crippen molar-refractivity contribution in [1.82, 2.24) is 9.80 Å². The molecule has 2 aliphatic rings. The van der Waals surface area contributed by atoms with Crippen LogP contribution in [-0.2, 0) is 4.79 Å². The van der Waals surface area contributed by atoms with Crippen LogP contribution in [0.4, 0.5) is 5.69 Å². The van der Waals surface area contributed by atoms with Crippen LogP contribution in [0.3, 0.4) is 0 Å². The summed E-state index contributed by atoms with van der Waals surface area (Å²) in [5.74, 6) is 1.18. The number of likely N-dealkylation sites (tertiary alicyclic amines) is 2. The fraction of sp³-hybridized carbons (Fsp3) is 0.600. The van der Waals surface area contributed by atoms with E-state index in [1.54, 1.807) is 14.2 Å². The van der Waals surface area contributed by atoms with E-state index < -0.39 is 5.54 Å². The zero-order chi connectivity index (χ0) is 20.1. The maximum atomic E-state index is 12.4. The van der Waals surface area contributed by atoms with Crippen LogP contribution in [0, 0.1) is 0 Å². The average Bonchev–Trinajstić information content (AvgIpc) is 2.74. The summed E-state index contributed by atoms with van der Waals surface area (Å²) >= 11 is 5.62. The topological polar surface area (TPSA) is 80.1 Å². The maximum absolute atomic E-state index is 12.4. The minimum atomic E-state index is -0.537. The molecule has 28 heavy (non-hydrogen) atoms. The molecule has 0 bridgehead atoms. The van der Waals surface area contributed by atoms with Crippen molar-refractivity contribution in [3.8, 4) is 11.5 Å². The fourth-order valence-corrected chi connectivity index (χ4v) is 4.51. The molecule has 0 unspecified atom stereocenters. The number of methoxy groups -OCH3 is 2. The SMILES string of the molecule is COc1ccc(NC(=S)N2CCC(C(N)=O)(N3CCCCC3)CC2)c(OC)c1. The molecule has 1 aromatic carbocycles. The van der Waals surface area contributed by atoms with Gasteiger partial charge in [0.1, 0.15) is 17.0 Å². The first-order valence-corrected chi connectivity index (χ1v) is 10.2. The highest BCUT2D eigenvalue weighted by atomic mass is 32.1. The summed E-state index contributed by atoms with van der Waals surface area (Å²) in [4.78, 5) is 16.8.